The van der Waals surface area contributed by atoms with E-state index >= 15 is 0 Å². The molecule has 22 heavy (non-hydrogen) atoms. The highest BCUT2D eigenvalue weighted by Crippen LogP contribution is 2.29. The fraction of sp³-hybridized carbons (Fsp3) is 0.333. The highest BCUT2D eigenvalue weighted by molar-refractivity contribution is 8.18. The number of non-ortho nitro benzene ring substituents is 1. The highest BCUT2D eigenvalue weighted by atomic mass is 32.2. The number of nitro groups is 1. The molecule has 1 saturated heterocycles. The summed E-state index contributed by atoms with van der Waals surface area (Å²) in [5, 5.41) is 14.2. The van der Waals surface area contributed by atoms with Gasteiger partial charge in [0.15, 0.2) is 5.17 Å². The third-order valence-corrected chi connectivity index (χ3v) is 4.58. The maximum Gasteiger partial charge on any atom is 0.270 e. The van der Waals surface area contributed by atoms with Crippen LogP contribution < -0.4 is 5.32 Å². The summed E-state index contributed by atoms with van der Waals surface area (Å²) in [6, 6.07) is 6.53. The molecule has 0 unspecified atom stereocenters. The van der Waals surface area contributed by atoms with Crippen LogP contribution in [0.15, 0.2) is 34.2 Å². The monoisotopic (exact) mass is 317 g/mol. The Morgan fingerprint density at radius 2 is 2.14 bits per heavy atom. The second-order valence-electron chi connectivity index (χ2n) is 5.29. The van der Waals surface area contributed by atoms with Gasteiger partial charge in [0, 0.05) is 12.1 Å². The molecule has 1 heterocycles. The van der Waals surface area contributed by atoms with Gasteiger partial charge in [-0.05, 0) is 36.2 Å². The Labute approximate surface area is 131 Å². The normalized spacial score (nSPS) is 22.5. The van der Waals surface area contributed by atoms with Crippen molar-refractivity contribution in [2.75, 3.05) is 0 Å². The molecule has 1 N–H and O–H groups in total. The van der Waals surface area contributed by atoms with Crippen molar-refractivity contribution in [3.05, 3.63) is 44.8 Å². The molecule has 6 nitrogen and oxygen atoms in total. The van der Waals surface area contributed by atoms with Crippen LogP contribution in [0.3, 0.4) is 0 Å². The first kappa shape index (κ1) is 14.8. The molecule has 0 aromatic heterocycles. The van der Waals surface area contributed by atoms with Gasteiger partial charge in [0.05, 0.1) is 15.9 Å². The number of nitrogens with one attached hydrogen (secondary N) is 1. The molecule has 7 heteroatoms. The number of carbonyl (C=O) groups excluding carboxylic acids is 1. The molecule has 0 bridgehead atoms. The molecule has 0 spiro atoms. The second kappa shape index (κ2) is 6.31. The summed E-state index contributed by atoms with van der Waals surface area (Å²) in [6.45, 7) is 0. The van der Waals surface area contributed by atoms with Gasteiger partial charge < -0.3 is 5.32 Å². The van der Waals surface area contributed by atoms with E-state index in [1.54, 1.807) is 18.2 Å². The van der Waals surface area contributed by atoms with Crippen molar-refractivity contribution in [1.82, 2.24) is 5.32 Å². The summed E-state index contributed by atoms with van der Waals surface area (Å²) in [4.78, 5) is 27.4. The van der Waals surface area contributed by atoms with Crippen LogP contribution in [0.25, 0.3) is 6.08 Å². The maximum atomic E-state index is 12.0. The molecule has 114 valence electrons. The molecule has 1 aliphatic heterocycles. The molecule has 1 aromatic rings. The van der Waals surface area contributed by atoms with Crippen LogP contribution >= 0.6 is 11.8 Å². The highest BCUT2D eigenvalue weighted by Gasteiger charge is 2.25. The van der Waals surface area contributed by atoms with Gasteiger partial charge in [-0.25, -0.2) is 0 Å². The van der Waals surface area contributed by atoms with Crippen molar-refractivity contribution in [3.63, 3.8) is 0 Å². The van der Waals surface area contributed by atoms with E-state index in [0.717, 1.165) is 12.8 Å². The Hall–Kier alpha value is -2.15. The molecular weight excluding hydrogens is 302 g/mol. The van der Waals surface area contributed by atoms with Crippen LogP contribution in [0.2, 0.25) is 0 Å². The van der Waals surface area contributed by atoms with E-state index in [0.29, 0.717) is 21.7 Å². The molecule has 0 radical (unpaired) electrons. The quantitative estimate of drug-likeness (QED) is 0.527. The van der Waals surface area contributed by atoms with Crippen LogP contribution in [0.4, 0.5) is 5.69 Å². The first-order valence-corrected chi connectivity index (χ1v) is 7.96. The van der Waals surface area contributed by atoms with E-state index < -0.39 is 4.92 Å². The molecular formula is C15H15N3O3S. The minimum absolute atomic E-state index is 0.0117. The molecule has 2 fully saturated rings. The van der Waals surface area contributed by atoms with Crippen LogP contribution in [0.5, 0.6) is 0 Å². The van der Waals surface area contributed by atoms with E-state index in [2.05, 4.69) is 10.3 Å². The number of amidine groups is 1. The average Bonchev–Trinajstić information content (AvgIpc) is 3.10. The molecule has 1 saturated carbocycles. The molecule has 1 aromatic carbocycles. The van der Waals surface area contributed by atoms with Crippen LogP contribution in [-0.2, 0) is 4.79 Å². The Kier molecular flexibility index (Phi) is 4.24. The Morgan fingerprint density at radius 3 is 2.86 bits per heavy atom. The zero-order valence-corrected chi connectivity index (χ0v) is 12.6. The van der Waals surface area contributed by atoms with E-state index in [-0.39, 0.29) is 11.6 Å². The van der Waals surface area contributed by atoms with E-state index in [1.807, 2.05) is 0 Å². The number of thioether (sulfide) groups is 1. The standard InChI is InChI=1S/C15H15N3O3S/c19-14-13(9-10-4-3-7-12(8-10)18(20)21)22-15(17-14)16-11-5-1-2-6-11/h3-4,7-9,11H,1-2,5-6H2,(H,16,17,19). The number of amides is 1. The molecule has 1 amide bonds. The number of carbonyl (C=O) groups is 1. The topological polar surface area (TPSA) is 84.6 Å². The predicted octanol–water partition coefficient (Wildman–Crippen LogP) is 3.10. The van der Waals surface area contributed by atoms with Gasteiger partial charge in [0.25, 0.3) is 11.6 Å². The van der Waals surface area contributed by atoms with Gasteiger partial charge in [-0.3, -0.25) is 19.9 Å². The zero-order chi connectivity index (χ0) is 15.5. The lowest BCUT2D eigenvalue weighted by Crippen LogP contribution is -2.21. The summed E-state index contributed by atoms with van der Waals surface area (Å²) in [7, 11) is 0. The average molecular weight is 317 g/mol. The van der Waals surface area contributed by atoms with Gasteiger partial charge in [-0.1, -0.05) is 25.0 Å². The third-order valence-electron chi connectivity index (χ3n) is 3.65. The number of benzene rings is 1. The minimum Gasteiger partial charge on any atom is -0.301 e. The van der Waals surface area contributed by atoms with Crippen molar-refractivity contribution in [2.45, 2.75) is 31.7 Å². The van der Waals surface area contributed by atoms with Gasteiger partial charge in [0.2, 0.25) is 0 Å². The first-order chi connectivity index (χ1) is 10.6. The third kappa shape index (κ3) is 3.36. The molecule has 3 rings (SSSR count). The van der Waals surface area contributed by atoms with Crippen LogP contribution in [0, 0.1) is 10.1 Å². The van der Waals surface area contributed by atoms with Crippen LogP contribution in [-0.4, -0.2) is 22.0 Å². The van der Waals surface area contributed by atoms with Crippen molar-refractivity contribution in [1.29, 1.82) is 0 Å². The van der Waals surface area contributed by atoms with Gasteiger partial charge in [-0.15, -0.1) is 0 Å². The lowest BCUT2D eigenvalue weighted by atomic mass is 10.2. The first-order valence-electron chi connectivity index (χ1n) is 7.15. The molecule has 0 atom stereocenters. The van der Waals surface area contributed by atoms with Gasteiger partial charge in [-0.2, -0.15) is 0 Å². The Morgan fingerprint density at radius 1 is 1.36 bits per heavy atom. The summed E-state index contributed by atoms with van der Waals surface area (Å²) in [6.07, 6.45) is 6.19. The maximum absolute atomic E-state index is 12.0. The number of aliphatic imine (C=N–C) groups is 1. The summed E-state index contributed by atoms with van der Waals surface area (Å²) in [5.74, 6) is -0.201. The second-order valence-corrected chi connectivity index (χ2v) is 6.32. The number of nitro benzene ring substituents is 1. The predicted molar refractivity (Wildman–Crippen MR) is 86.5 cm³/mol. The number of nitrogens with zero attached hydrogens (tertiary/aromatic N) is 2. The fourth-order valence-electron chi connectivity index (χ4n) is 2.57. The van der Waals surface area contributed by atoms with Gasteiger partial charge in [0.1, 0.15) is 0 Å². The number of hydrogen-bond donors (Lipinski definition) is 1. The minimum atomic E-state index is -0.448. The smallest absolute Gasteiger partial charge is 0.270 e. The summed E-state index contributed by atoms with van der Waals surface area (Å²) < 4.78 is 0. The fourth-order valence-corrected chi connectivity index (χ4v) is 3.46. The van der Waals surface area contributed by atoms with Crippen LogP contribution in [0.1, 0.15) is 31.2 Å². The Balaban J connectivity index is 1.78. The summed E-state index contributed by atoms with van der Waals surface area (Å²) >= 11 is 1.30. The SMILES string of the molecule is O=C1NC(=NC2CCCC2)SC1=Cc1cccc([N+](=O)[O-])c1. The summed E-state index contributed by atoms with van der Waals surface area (Å²) in [5.41, 5.74) is 0.645. The van der Waals surface area contributed by atoms with E-state index in [4.69, 9.17) is 0 Å². The molecule has 1 aliphatic carbocycles. The van der Waals surface area contributed by atoms with Crippen molar-refractivity contribution < 1.29 is 9.72 Å². The van der Waals surface area contributed by atoms with Crippen molar-refractivity contribution in [3.8, 4) is 0 Å². The largest absolute Gasteiger partial charge is 0.301 e. The Bertz CT molecular complexity index is 678. The van der Waals surface area contributed by atoms with Crippen molar-refractivity contribution in [2.24, 2.45) is 4.99 Å². The number of hydrogen-bond acceptors (Lipinski definition) is 5. The van der Waals surface area contributed by atoms with Gasteiger partial charge >= 0.3 is 0 Å². The number of rotatable bonds is 3. The lowest BCUT2D eigenvalue weighted by Gasteiger charge is -2.02. The zero-order valence-electron chi connectivity index (χ0n) is 11.8. The molecule has 2 aliphatic rings. The van der Waals surface area contributed by atoms with E-state index in [9.17, 15) is 14.9 Å². The van der Waals surface area contributed by atoms with Crippen molar-refractivity contribution >= 4 is 34.6 Å². The lowest BCUT2D eigenvalue weighted by molar-refractivity contribution is -0.384. The van der Waals surface area contributed by atoms with E-state index in [1.165, 1.54) is 36.7 Å².